The van der Waals surface area contributed by atoms with Crippen LogP contribution in [-0.2, 0) is 0 Å². The monoisotopic (exact) mass is 386 g/mol. The Morgan fingerprint density at radius 1 is 1.09 bits per heavy atom. The fourth-order valence-electron chi connectivity index (χ4n) is 1.73. The fraction of sp³-hybridized carbons (Fsp3) is 0.0769. The largest absolute Gasteiger partial charge is 0.280 e. The molecule has 0 aliphatic rings. The molecule has 0 atom stereocenters. The average Bonchev–Trinajstić information content (AvgIpc) is 2.44. The number of nitro groups is 2. The molecule has 0 aliphatic carbocycles. The van der Waals surface area contributed by atoms with Crippen LogP contribution in [0.25, 0.3) is 0 Å². The first kappa shape index (κ1) is 16.4. The molecule has 0 heterocycles. The van der Waals surface area contributed by atoms with Gasteiger partial charge in [0.25, 0.3) is 11.4 Å². The summed E-state index contributed by atoms with van der Waals surface area (Å²) in [5, 5.41) is 21.9. The van der Waals surface area contributed by atoms with Crippen molar-refractivity contribution in [2.45, 2.75) is 16.7 Å². The van der Waals surface area contributed by atoms with Gasteiger partial charge >= 0.3 is 0 Å². The lowest BCUT2D eigenvalue weighted by Crippen LogP contribution is -1.97. The minimum Gasteiger partial charge on any atom is -0.258 e. The molecule has 0 amide bonds. The molecule has 2 aromatic rings. The number of hydrogen-bond acceptors (Lipinski definition) is 5. The number of hydrogen-bond donors (Lipinski definition) is 0. The van der Waals surface area contributed by atoms with E-state index in [1.807, 2.05) is 0 Å². The van der Waals surface area contributed by atoms with E-state index in [-0.39, 0.29) is 21.0 Å². The molecule has 0 aliphatic heterocycles. The Kier molecular flexibility index (Phi) is 4.77. The third-order valence-corrected chi connectivity index (χ3v) is 4.51. The summed E-state index contributed by atoms with van der Waals surface area (Å²) in [6.45, 7) is 1.47. The van der Waals surface area contributed by atoms with Gasteiger partial charge in [0.2, 0.25) is 0 Å². The third kappa shape index (κ3) is 3.42. The van der Waals surface area contributed by atoms with Gasteiger partial charge < -0.3 is 0 Å². The van der Waals surface area contributed by atoms with Gasteiger partial charge in [-0.15, -0.1) is 0 Å². The first-order valence-electron chi connectivity index (χ1n) is 5.86. The third-order valence-electron chi connectivity index (χ3n) is 2.84. The summed E-state index contributed by atoms with van der Waals surface area (Å²) < 4.78 is 14.4. The predicted molar refractivity (Wildman–Crippen MR) is 82.7 cm³/mol. The van der Waals surface area contributed by atoms with Crippen molar-refractivity contribution in [3.8, 4) is 0 Å². The zero-order chi connectivity index (χ0) is 16.4. The van der Waals surface area contributed by atoms with Crippen molar-refractivity contribution in [3.05, 3.63) is 66.4 Å². The lowest BCUT2D eigenvalue weighted by Gasteiger charge is -2.07. The van der Waals surface area contributed by atoms with Gasteiger partial charge in [-0.1, -0.05) is 27.7 Å². The molecule has 114 valence electrons. The Morgan fingerprint density at radius 2 is 1.77 bits per heavy atom. The van der Waals surface area contributed by atoms with Crippen LogP contribution in [0.1, 0.15) is 5.56 Å². The zero-order valence-electron chi connectivity index (χ0n) is 11.1. The molecule has 0 bridgehead atoms. The molecule has 22 heavy (non-hydrogen) atoms. The molecule has 0 radical (unpaired) electrons. The fourth-order valence-corrected chi connectivity index (χ4v) is 3.27. The molecule has 0 saturated heterocycles. The highest BCUT2D eigenvalue weighted by Gasteiger charge is 2.22. The van der Waals surface area contributed by atoms with Crippen molar-refractivity contribution in [1.29, 1.82) is 0 Å². The highest BCUT2D eigenvalue weighted by Crippen LogP contribution is 2.39. The van der Waals surface area contributed by atoms with E-state index in [0.717, 1.165) is 17.8 Å². The maximum absolute atomic E-state index is 13.8. The summed E-state index contributed by atoms with van der Waals surface area (Å²) in [5.74, 6) is -0.512. The molecular formula is C13H8BrFN2O4S. The number of rotatable bonds is 4. The summed E-state index contributed by atoms with van der Waals surface area (Å²) in [6, 6.07) is 6.36. The molecule has 0 unspecified atom stereocenters. The van der Waals surface area contributed by atoms with E-state index in [0.29, 0.717) is 4.47 Å². The van der Waals surface area contributed by atoms with Gasteiger partial charge in [0.15, 0.2) is 0 Å². The Morgan fingerprint density at radius 3 is 2.36 bits per heavy atom. The number of benzene rings is 2. The average molecular weight is 387 g/mol. The number of non-ortho nitro benzene ring substituents is 1. The van der Waals surface area contributed by atoms with E-state index in [4.69, 9.17) is 0 Å². The van der Waals surface area contributed by atoms with Crippen LogP contribution in [0.5, 0.6) is 0 Å². The molecule has 0 spiro atoms. The first-order valence-corrected chi connectivity index (χ1v) is 7.47. The highest BCUT2D eigenvalue weighted by molar-refractivity contribution is 9.10. The minimum atomic E-state index is -0.715. The summed E-state index contributed by atoms with van der Waals surface area (Å²) in [4.78, 5) is 21.0. The van der Waals surface area contributed by atoms with Crippen LogP contribution in [0, 0.1) is 33.0 Å². The SMILES string of the molecule is Cc1c(Sc2cc(Br)ccc2F)cc([N+](=O)[O-])cc1[N+](=O)[O-]. The molecular weight excluding hydrogens is 379 g/mol. The summed E-state index contributed by atoms with van der Waals surface area (Å²) >= 11 is 4.11. The lowest BCUT2D eigenvalue weighted by molar-refractivity contribution is -0.394. The smallest absolute Gasteiger partial charge is 0.258 e. The second kappa shape index (κ2) is 6.41. The molecule has 9 heteroatoms. The van der Waals surface area contributed by atoms with Crippen LogP contribution in [-0.4, -0.2) is 9.85 Å². The van der Waals surface area contributed by atoms with Crippen LogP contribution in [0.2, 0.25) is 0 Å². The molecule has 6 nitrogen and oxygen atoms in total. The Labute approximate surface area is 136 Å². The van der Waals surface area contributed by atoms with Crippen molar-refractivity contribution < 1.29 is 14.2 Å². The molecule has 2 rings (SSSR count). The highest BCUT2D eigenvalue weighted by atomic mass is 79.9. The minimum absolute atomic E-state index is 0.215. The van der Waals surface area contributed by atoms with Crippen molar-refractivity contribution in [3.63, 3.8) is 0 Å². The predicted octanol–water partition coefficient (Wildman–Crippen LogP) is 4.86. The maximum Gasteiger partial charge on any atom is 0.280 e. The topological polar surface area (TPSA) is 86.3 Å². The van der Waals surface area contributed by atoms with Crippen LogP contribution < -0.4 is 0 Å². The molecule has 0 aromatic heterocycles. The van der Waals surface area contributed by atoms with E-state index in [1.165, 1.54) is 31.2 Å². The molecule has 0 fully saturated rings. The second-order valence-electron chi connectivity index (χ2n) is 4.28. The summed E-state index contributed by atoms with van der Waals surface area (Å²) in [7, 11) is 0. The normalized spacial score (nSPS) is 10.5. The molecule has 2 aromatic carbocycles. The van der Waals surface area contributed by atoms with Crippen molar-refractivity contribution in [2.75, 3.05) is 0 Å². The molecule has 0 saturated carbocycles. The van der Waals surface area contributed by atoms with Crippen LogP contribution in [0.3, 0.4) is 0 Å². The van der Waals surface area contributed by atoms with E-state index >= 15 is 0 Å². The van der Waals surface area contributed by atoms with Gasteiger partial charge in [0, 0.05) is 25.9 Å². The van der Waals surface area contributed by atoms with E-state index < -0.39 is 21.4 Å². The van der Waals surface area contributed by atoms with Gasteiger partial charge in [-0.2, -0.15) is 0 Å². The second-order valence-corrected chi connectivity index (χ2v) is 6.28. The van der Waals surface area contributed by atoms with Crippen LogP contribution >= 0.6 is 27.7 Å². The summed E-state index contributed by atoms with van der Waals surface area (Å²) in [6.07, 6.45) is 0. The Hall–Kier alpha value is -2.00. The first-order chi connectivity index (χ1) is 10.3. The van der Waals surface area contributed by atoms with Crippen molar-refractivity contribution in [2.24, 2.45) is 0 Å². The number of nitro benzene ring substituents is 2. The molecule has 0 N–H and O–H groups in total. The maximum atomic E-state index is 13.8. The van der Waals surface area contributed by atoms with E-state index in [1.54, 1.807) is 0 Å². The van der Waals surface area contributed by atoms with Gasteiger partial charge in [0.1, 0.15) is 5.82 Å². The standard InChI is InChI=1S/C13H8BrFN2O4S/c1-7-11(17(20)21)5-9(16(18)19)6-12(7)22-13-4-8(14)2-3-10(13)15/h2-6H,1H3. The Bertz CT molecular complexity index is 785. The van der Waals surface area contributed by atoms with Crippen LogP contribution in [0.4, 0.5) is 15.8 Å². The quantitative estimate of drug-likeness (QED) is 0.552. The van der Waals surface area contributed by atoms with E-state index in [2.05, 4.69) is 15.9 Å². The van der Waals surface area contributed by atoms with Crippen molar-refractivity contribution >= 4 is 39.1 Å². The zero-order valence-corrected chi connectivity index (χ0v) is 13.5. The van der Waals surface area contributed by atoms with Crippen molar-refractivity contribution in [1.82, 2.24) is 0 Å². The number of halogens is 2. The van der Waals surface area contributed by atoms with Gasteiger partial charge in [-0.3, -0.25) is 20.2 Å². The number of nitrogens with zero attached hydrogens (tertiary/aromatic N) is 2. The lowest BCUT2D eigenvalue weighted by atomic mass is 10.2. The van der Waals surface area contributed by atoms with Gasteiger partial charge in [0.05, 0.1) is 15.9 Å². The van der Waals surface area contributed by atoms with Gasteiger partial charge in [-0.25, -0.2) is 4.39 Å². The van der Waals surface area contributed by atoms with E-state index in [9.17, 15) is 24.6 Å². The van der Waals surface area contributed by atoms with Gasteiger partial charge in [-0.05, 0) is 25.1 Å². The summed E-state index contributed by atoms with van der Waals surface area (Å²) in [5.41, 5.74) is -0.526. The van der Waals surface area contributed by atoms with Crippen LogP contribution in [0.15, 0.2) is 44.6 Å². The Balaban J connectivity index is 2.56.